The van der Waals surface area contributed by atoms with E-state index in [1.807, 2.05) is 12.1 Å². The second kappa shape index (κ2) is 4.99. The number of aliphatic hydroxyl groups is 1. The van der Waals surface area contributed by atoms with Gasteiger partial charge in [0, 0.05) is 10.1 Å². The van der Waals surface area contributed by atoms with E-state index in [9.17, 15) is 4.39 Å². The lowest BCUT2D eigenvalue weighted by Gasteiger charge is -2.18. The molecule has 0 saturated carbocycles. The van der Waals surface area contributed by atoms with Crippen LogP contribution in [0.1, 0.15) is 26.3 Å². The van der Waals surface area contributed by atoms with E-state index in [4.69, 9.17) is 5.11 Å². The summed E-state index contributed by atoms with van der Waals surface area (Å²) in [6.45, 7) is 5.10. The summed E-state index contributed by atoms with van der Waals surface area (Å²) < 4.78 is 13.8. The average molecular weight is 228 g/mol. The fraction of sp³-hybridized carbons (Fsp3) is 0.500. The number of thioether (sulfide) groups is 1. The molecule has 1 N–H and O–H groups in total. The minimum Gasteiger partial charge on any atom is -0.393 e. The summed E-state index contributed by atoms with van der Waals surface area (Å²) in [5, 5.41) is 9.41. The standard InChI is InChI=1S/C12H17FOS/c1-9(2)15-11-6-4-5-10(7-11)12(3,13)8-14/h4-7,9,14H,8H2,1-3H3. The Balaban J connectivity index is 2.92. The molecule has 0 heterocycles. The van der Waals surface area contributed by atoms with Crippen molar-refractivity contribution in [3.8, 4) is 0 Å². The van der Waals surface area contributed by atoms with Crippen LogP contribution in [0.4, 0.5) is 4.39 Å². The number of aliphatic hydroxyl groups excluding tert-OH is 1. The Labute approximate surface area is 94.7 Å². The number of alkyl halides is 1. The summed E-state index contributed by atoms with van der Waals surface area (Å²) in [4.78, 5) is 1.04. The number of hydrogen-bond acceptors (Lipinski definition) is 2. The smallest absolute Gasteiger partial charge is 0.156 e. The van der Waals surface area contributed by atoms with Gasteiger partial charge in [-0.3, -0.25) is 0 Å². The predicted octanol–water partition coefficient (Wildman–Crippen LogP) is 3.36. The van der Waals surface area contributed by atoms with Crippen molar-refractivity contribution in [2.45, 2.75) is 36.6 Å². The van der Waals surface area contributed by atoms with E-state index in [0.717, 1.165) is 4.90 Å². The van der Waals surface area contributed by atoms with Gasteiger partial charge < -0.3 is 5.11 Å². The molecule has 3 heteroatoms. The average Bonchev–Trinajstić information content (AvgIpc) is 2.17. The Morgan fingerprint density at radius 1 is 1.47 bits per heavy atom. The Morgan fingerprint density at radius 3 is 2.67 bits per heavy atom. The van der Waals surface area contributed by atoms with Crippen molar-refractivity contribution in [3.63, 3.8) is 0 Å². The van der Waals surface area contributed by atoms with Crippen molar-refractivity contribution in [3.05, 3.63) is 29.8 Å². The van der Waals surface area contributed by atoms with Gasteiger partial charge in [0.2, 0.25) is 0 Å². The molecule has 0 spiro atoms. The lowest BCUT2D eigenvalue weighted by atomic mass is 9.99. The molecule has 1 rings (SSSR count). The maximum atomic E-state index is 13.8. The molecular formula is C12H17FOS. The molecule has 0 radical (unpaired) electrons. The second-order valence-electron chi connectivity index (χ2n) is 4.05. The predicted molar refractivity (Wildman–Crippen MR) is 63.0 cm³/mol. The van der Waals surface area contributed by atoms with E-state index < -0.39 is 12.3 Å². The molecule has 0 bridgehead atoms. The number of halogens is 1. The monoisotopic (exact) mass is 228 g/mol. The van der Waals surface area contributed by atoms with Gasteiger partial charge in [0.25, 0.3) is 0 Å². The van der Waals surface area contributed by atoms with E-state index in [1.165, 1.54) is 6.92 Å². The molecule has 0 aliphatic rings. The highest BCUT2D eigenvalue weighted by molar-refractivity contribution is 7.99. The Bertz CT molecular complexity index is 323. The lowest BCUT2D eigenvalue weighted by Crippen LogP contribution is -2.20. The van der Waals surface area contributed by atoms with Crippen LogP contribution in [0.25, 0.3) is 0 Å². The third-order valence-corrected chi connectivity index (χ3v) is 3.10. The quantitative estimate of drug-likeness (QED) is 0.797. The minimum absolute atomic E-state index is 0.472. The van der Waals surface area contributed by atoms with Crippen LogP contribution in [-0.4, -0.2) is 17.0 Å². The van der Waals surface area contributed by atoms with Crippen LogP contribution in [0.2, 0.25) is 0 Å². The van der Waals surface area contributed by atoms with Crippen LogP contribution in [0.5, 0.6) is 0 Å². The largest absolute Gasteiger partial charge is 0.393 e. The molecule has 1 unspecified atom stereocenters. The van der Waals surface area contributed by atoms with Gasteiger partial charge in [0.1, 0.15) is 0 Å². The van der Waals surface area contributed by atoms with Crippen LogP contribution in [0, 0.1) is 0 Å². The minimum atomic E-state index is -1.65. The molecular weight excluding hydrogens is 211 g/mol. The van der Waals surface area contributed by atoms with Crippen molar-refractivity contribution in [2.75, 3.05) is 6.61 Å². The summed E-state index contributed by atoms with van der Waals surface area (Å²) in [6.07, 6.45) is 0. The van der Waals surface area contributed by atoms with E-state index in [1.54, 1.807) is 23.9 Å². The summed E-state index contributed by atoms with van der Waals surface area (Å²) in [6, 6.07) is 7.30. The highest BCUT2D eigenvalue weighted by Gasteiger charge is 2.24. The molecule has 15 heavy (non-hydrogen) atoms. The summed E-state index contributed by atoms with van der Waals surface area (Å²) >= 11 is 1.69. The third-order valence-electron chi connectivity index (χ3n) is 2.10. The zero-order valence-corrected chi connectivity index (χ0v) is 10.1. The molecule has 1 atom stereocenters. The van der Waals surface area contributed by atoms with Crippen molar-refractivity contribution in [2.24, 2.45) is 0 Å². The molecule has 0 saturated heterocycles. The van der Waals surface area contributed by atoms with Crippen LogP contribution in [0.15, 0.2) is 29.2 Å². The van der Waals surface area contributed by atoms with Gasteiger partial charge in [0.15, 0.2) is 5.67 Å². The molecule has 84 valence electrons. The van der Waals surface area contributed by atoms with Gasteiger partial charge >= 0.3 is 0 Å². The molecule has 1 aromatic rings. The fourth-order valence-corrected chi connectivity index (χ4v) is 2.15. The number of benzene rings is 1. The highest BCUT2D eigenvalue weighted by atomic mass is 32.2. The zero-order chi connectivity index (χ0) is 11.5. The summed E-state index contributed by atoms with van der Waals surface area (Å²) in [5.74, 6) is 0. The Morgan fingerprint density at radius 2 is 2.13 bits per heavy atom. The van der Waals surface area contributed by atoms with Crippen LogP contribution in [-0.2, 0) is 5.67 Å². The van der Waals surface area contributed by atoms with Crippen LogP contribution >= 0.6 is 11.8 Å². The third kappa shape index (κ3) is 3.50. The van der Waals surface area contributed by atoms with E-state index >= 15 is 0 Å². The van der Waals surface area contributed by atoms with E-state index in [0.29, 0.717) is 10.8 Å². The van der Waals surface area contributed by atoms with Gasteiger partial charge in [0.05, 0.1) is 6.61 Å². The van der Waals surface area contributed by atoms with E-state index in [2.05, 4.69) is 13.8 Å². The molecule has 0 fully saturated rings. The van der Waals surface area contributed by atoms with Gasteiger partial charge in [-0.2, -0.15) is 0 Å². The maximum absolute atomic E-state index is 13.8. The van der Waals surface area contributed by atoms with Gasteiger partial charge in [-0.15, -0.1) is 11.8 Å². The van der Waals surface area contributed by atoms with Gasteiger partial charge in [-0.05, 0) is 24.6 Å². The molecule has 0 aliphatic carbocycles. The first kappa shape index (κ1) is 12.5. The molecule has 1 aromatic carbocycles. The number of rotatable bonds is 4. The van der Waals surface area contributed by atoms with Crippen LogP contribution < -0.4 is 0 Å². The normalized spacial score (nSPS) is 15.3. The van der Waals surface area contributed by atoms with Crippen molar-refractivity contribution in [1.82, 2.24) is 0 Å². The Kier molecular flexibility index (Phi) is 4.17. The lowest BCUT2D eigenvalue weighted by molar-refractivity contribution is 0.0866. The first-order chi connectivity index (χ1) is 6.95. The zero-order valence-electron chi connectivity index (χ0n) is 9.33. The molecule has 0 aromatic heterocycles. The van der Waals surface area contributed by atoms with Crippen LogP contribution in [0.3, 0.4) is 0 Å². The fourth-order valence-electron chi connectivity index (χ4n) is 1.26. The van der Waals surface area contributed by atoms with Gasteiger partial charge in [-0.1, -0.05) is 26.0 Å². The first-order valence-electron chi connectivity index (χ1n) is 5.02. The molecule has 0 amide bonds. The van der Waals surface area contributed by atoms with Gasteiger partial charge in [-0.25, -0.2) is 4.39 Å². The van der Waals surface area contributed by atoms with Crippen molar-refractivity contribution in [1.29, 1.82) is 0 Å². The topological polar surface area (TPSA) is 20.2 Å². The first-order valence-corrected chi connectivity index (χ1v) is 5.90. The van der Waals surface area contributed by atoms with Crippen molar-refractivity contribution < 1.29 is 9.50 Å². The molecule has 0 aliphatic heterocycles. The summed E-state index contributed by atoms with van der Waals surface area (Å²) in [5.41, 5.74) is -1.11. The number of hydrogen-bond donors (Lipinski definition) is 1. The maximum Gasteiger partial charge on any atom is 0.156 e. The second-order valence-corrected chi connectivity index (χ2v) is 5.70. The highest BCUT2D eigenvalue weighted by Crippen LogP contribution is 2.30. The molecule has 1 nitrogen and oxygen atoms in total. The Hall–Kier alpha value is -0.540. The SMILES string of the molecule is CC(C)Sc1cccc(C(C)(F)CO)c1. The van der Waals surface area contributed by atoms with E-state index in [-0.39, 0.29) is 0 Å². The van der Waals surface area contributed by atoms with Crippen molar-refractivity contribution >= 4 is 11.8 Å². The summed E-state index contributed by atoms with van der Waals surface area (Å²) in [7, 11) is 0.